The number of carbonyl (C=O) groups is 2. The molecule has 18 nitrogen and oxygen atoms in total. The van der Waals surface area contributed by atoms with Crippen LogP contribution in [0.3, 0.4) is 0 Å². The predicted octanol–water partition coefficient (Wildman–Crippen LogP) is 8.87. The van der Waals surface area contributed by atoms with E-state index in [0.29, 0.717) is 59.4 Å². The number of nitrogen functional groups attached to an aromatic ring is 1. The molecule has 21 heteroatoms. The third kappa shape index (κ3) is 11.8. The first-order valence-electron chi connectivity index (χ1n) is 22.0. The number of anilines is 1. The summed E-state index contributed by atoms with van der Waals surface area (Å²) < 4.78 is 26.8. The molecule has 0 saturated carbocycles. The number of nitrogens with zero attached hydrogens (tertiary/aromatic N) is 7. The summed E-state index contributed by atoms with van der Waals surface area (Å²) in [6, 6.07) is 21.4. The van der Waals surface area contributed by atoms with Crippen molar-refractivity contribution in [2.45, 2.75) is 87.1 Å². The molecule has 1 fully saturated rings. The van der Waals surface area contributed by atoms with Gasteiger partial charge >= 0.3 is 43.0 Å². The van der Waals surface area contributed by atoms with Gasteiger partial charge in [-0.15, -0.1) is 0 Å². The van der Waals surface area contributed by atoms with Crippen LogP contribution in [0.5, 0.6) is 0 Å². The average molecular weight is 1120 g/mol. The number of esters is 2. The molecule has 1 aliphatic rings. The minimum atomic E-state index is -0.570. The van der Waals surface area contributed by atoms with Gasteiger partial charge in [-0.1, -0.05) is 31.7 Å². The van der Waals surface area contributed by atoms with Gasteiger partial charge in [0.2, 0.25) is 0 Å². The number of hydrogen-bond donors (Lipinski definition) is 3. The van der Waals surface area contributed by atoms with E-state index < -0.39 is 29.2 Å². The number of aryl methyl sites for hydroxylation is 2. The van der Waals surface area contributed by atoms with E-state index in [-0.39, 0.29) is 43.0 Å². The number of fused-ring (bicyclic) bond motifs is 2. The molecule has 8 aromatic rings. The summed E-state index contributed by atoms with van der Waals surface area (Å²) in [5, 5.41) is 22.1. The Balaban J connectivity index is 0.000000201. The molecule has 1 saturated heterocycles. The van der Waals surface area contributed by atoms with Gasteiger partial charge in [0.15, 0.2) is 0 Å². The van der Waals surface area contributed by atoms with Gasteiger partial charge in [-0.2, -0.15) is 10.2 Å². The van der Waals surface area contributed by atoms with Crippen molar-refractivity contribution in [3.63, 3.8) is 0 Å². The summed E-state index contributed by atoms with van der Waals surface area (Å²) in [5.74, 6) is -0.755. The number of H-pyrrole nitrogens is 2. The molecule has 0 unspecified atom stereocenters. The number of rotatable bonds is 11. The molecule has 0 atom stereocenters. The molecule has 7 heterocycles. The fraction of sp³-hybridized carbons (Fsp3) is 0.306. The van der Waals surface area contributed by atoms with Crippen LogP contribution < -0.4 is 11.2 Å². The number of nitro benzene ring substituents is 1. The van der Waals surface area contributed by atoms with Gasteiger partial charge in [0.05, 0.1) is 35.0 Å². The Morgan fingerprint density at radius 2 is 1.29 bits per heavy atom. The van der Waals surface area contributed by atoms with Crippen molar-refractivity contribution >= 4 is 97.8 Å². The Morgan fingerprint density at radius 1 is 0.757 bits per heavy atom. The molecule has 2 radical (unpaired) electrons. The Bertz CT molecular complexity index is 3110. The first-order chi connectivity index (χ1) is 32.5. The van der Waals surface area contributed by atoms with Gasteiger partial charge in [0, 0.05) is 93.1 Å². The predicted molar refractivity (Wildman–Crippen MR) is 280 cm³/mol. The molecular formula is C49H58BBrN10O8Sn. The summed E-state index contributed by atoms with van der Waals surface area (Å²) in [7, 11) is -0.570. The molecule has 0 aliphatic carbocycles. The van der Waals surface area contributed by atoms with Crippen molar-refractivity contribution in [2.75, 3.05) is 18.9 Å². The Kier molecular flexibility index (Phi) is 18.0. The first-order valence-corrected chi connectivity index (χ1v) is 22.8. The zero-order valence-electron chi connectivity index (χ0n) is 39.7. The molecule has 0 spiro atoms. The zero-order valence-corrected chi connectivity index (χ0v) is 45.3. The van der Waals surface area contributed by atoms with Gasteiger partial charge < -0.3 is 34.5 Å². The summed E-state index contributed by atoms with van der Waals surface area (Å²) in [4.78, 5) is 48.7. The van der Waals surface area contributed by atoms with E-state index in [0.717, 1.165) is 49.6 Å². The van der Waals surface area contributed by atoms with Crippen molar-refractivity contribution in [1.82, 2.24) is 39.5 Å². The molecule has 366 valence electrons. The van der Waals surface area contributed by atoms with Crippen LogP contribution in [-0.4, -0.2) is 112 Å². The van der Waals surface area contributed by atoms with Crippen LogP contribution in [0, 0.1) is 10.1 Å². The number of nitrogens with one attached hydrogen (secondary N) is 2. The minimum absolute atomic E-state index is 0. The fourth-order valence-electron chi connectivity index (χ4n) is 7.31. The SMILES string of the molecule is C.CCOC(=O)c1cc2c(-c3cn(CC)nc3-c3cccc(N)c3)ccnc2[nH]1.CCOC(=O)c1cc2c(Br)ccnc2[nH]1.CCn1cc(B2OC(C)(C)C(C)(C)O2)c(-c2cccc([N+](=O)[O-])c2)n1.[SnH2]. The van der Waals surface area contributed by atoms with Crippen LogP contribution in [-0.2, 0) is 31.9 Å². The fourth-order valence-corrected chi connectivity index (χ4v) is 7.73. The number of nitrogens with two attached hydrogens (primary N) is 1. The average Bonchev–Trinajstić information content (AvgIpc) is 4.16. The number of non-ortho nitro benzene ring substituents is 1. The maximum atomic E-state index is 12.1. The summed E-state index contributed by atoms with van der Waals surface area (Å²) >= 11 is 3.39. The van der Waals surface area contributed by atoms with E-state index in [9.17, 15) is 19.7 Å². The molecule has 70 heavy (non-hydrogen) atoms. The van der Waals surface area contributed by atoms with Crippen molar-refractivity contribution in [3.05, 3.63) is 124 Å². The second kappa shape index (κ2) is 23.0. The maximum absolute atomic E-state index is 12.1. The Morgan fingerprint density at radius 3 is 1.84 bits per heavy atom. The van der Waals surface area contributed by atoms with Gasteiger partial charge in [0.1, 0.15) is 28.4 Å². The second-order valence-corrected chi connectivity index (χ2v) is 17.4. The number of aromatic nitrogens is 8. The van der Waals surface area contributed by atoms with Gasteiger partial charge in [-0.25, -0.2) is 19.6 Å². The van der Waals surface area contributed by atoms with E-state index >= 15 is 0 Å². The third-order valence-electron chi connectivity index (χ3n) is 11.5. The normalized spacial score (nSPS) is 13.3. The van der Waals surface area contributed by atoms with E-state index in [4.69, 9.17) is 29.6 Å². The molecule has 2 aromatic carbocycles. The summed E-state index contributed by atoms with van der Waals surface area (Å²) in [5.41, 5.74) is 13.6. The molecule has 1 aliphatic heterocycles. The second-order valence-electron chi connectivity index (χ2n) is 16.5. The van der Waals surface area contributed by atoms with Crippen LogP contribution in [0.4, 0.5) is 11.4 Å². The zero-order chi connectivity index (χ0) is 48.9. The number of nitro groups is 1. The van der Waals surface area contributed by atoms with E-state index in [1.807, 2.05) is 101 Å². The van der Waals surface area contributed by atoms with Gasteiger partial charge in [-0.05, 0) is 113 Å². The number of halogens is 1. The summed E-state index contributed by atoms with van der Waals surface area (Å²) in [6.07, 6.45) is 7.27. The Labute approximate surface area is 431 Å². The topological polar surface area (TPSA) is 233 Å². The molecular weight excluding hydrogens is 1070 g/mol. The van der Waals surface area contributed by atoms with E-state index in [2.05, 4.69) is 41.0 Å². The van der Waals surface area contributed by atoms with Crippen molar-refractivity contribution in [2.24, 2.45) is 0 Å². The van der Waals surface area contributed by atoms with Gasteiger partial charge in [0.25, 0.3) is 5.69 Å². The van der Waals surface area contributed by atoms with Crippen LogP contribution in [0.15, 0.2) is 102 Å². The number of pyridine rings is 2. The van der Waals surface area contributed by atoms with Crippen LogP contribution in [0.1, 0.15) is 83.8 Å². The van der Waals surface area contributed by atoms with Crippen molar-refractivity contribution in [3.8, 4) is 33.6 Å². The number of ether oxygens (including phenoxy) is 2. The van der Waals surface area contributed by atoms with Crippen molar-refractivity contribution < 1.29 is 33.3 Å². The number of carbonyl (C=O) groups excluding carboxylic acids is 2. The number of aromatic amines is 2. The van der Waals surface area contributed by atoms with Crippen LogP contribution in [0.25, 0.3) is 55.7 Å². The van der Waals surface area contributed by atoms with Crippen molar-refractivity contribution in [1.29, 1.82) is 0 Å². The Hall–Kier alpha value is -6.36. The number of hydrogen-bond acceptors (Lipinski definition) is 13. The van der Waals surface area contributed by atoms with E-state index in [1.54, 1.807) is 49.1 Å². The van der Waals surface area contributed by atoms with Gasteiger partial charge in [-0.3, -0.25) is 19.5 Å². The standard InChI is InChI=1S/C21H21N5O2.C17H22BN3O4.C10H9BrN2O2.CH4.Sn.2H/c1-3-26-12-17(19(25-26)13-6-5-7-14(22)10-13)15-8-9-23-20-16(15)11-18(24-20)21(27)28-4-2;1-6-20-11-14(18-24-16(2,3)17(4,5)25-18)15(19-20)12-8-7-9-13(10-12)21(22)23;1-2-15-10(14)8-5-6-7(11)3-4-12-9(6)13-8;;;;/h5-12H,3-4,22H2,1-2H3,(H,23,24);7-11H,6H2,1-5H3;3-5H,2H2,1H3,(H,12,13);1H4;;;. The first kappa shape index (κ1) is 54.6. The van der Waals surface area contributed by atoms with Crippen LogP contribution in [0.2, 0.25) is 0 Å². The molecule has 4 N–H and O–H groups in total. The third-order valence-corrected chi connectivity index (χ3v) is 12.2. The molecule has 6 aromatic heterocycles. The molecule has 0 bridgehead atoms. The number of benzene rings is 2. The monoisotopic (exact) mass is 1120 g/mol. The van der Waals surface area contributed by atoms with E-state index in [1.165, 1.54) is 12.1 Å². The molecule has 0 amide bonds. The molecule has 9 rings (SSSR count). The quantitative estimate of drug-likeness (QED) is 0.0361. The van der Waals surface area contributed by atoms with Crippen LogP contribution >= 0.6 is 15.9 Å². The summed E-state index contributed by atoms with van der Waals surface area (Å²) in [6.45, 7) is 17.6.